The summed E-state index contributed by atoms with van der Waals surface area (Å²) in [6.45, 7) is 3.76. The Bertz CT molecular complexity index is 709. The predicted molar refractivity (Wildman–Crippen MR) is 84.3 cm³/mol. The molecule has 23 heavy (non-hydrogen) atoms. The van der Waals surface area contributed by atoms with Crippen LogP contribution in [0.5, 0.6) is 5.75 Å². The number of nitro groups is 1. The Balaban J connectivity index is 1.83. The van der Waals surface area contributed by atoms with Crippen LogP contribution >= 0.6 is 0 Å². The Morgan fingerprint density at radius 2 is 1.83 bits per heavy atom. The SMILES string of the molecule is Cc1cccc(OCC(=O)OCc2ccc([N+](=O)[O-])cc2)c1C. The molecule has 0 unspecified atom stereocenters. The van der Waals surface area contributed by atoms with Gasteiger partial charge in [-0.1, -0.05) is 12.1 Å². The lowest BCUT2D eigenvalue weighted by Crippen LogP contribution is -2.15. The Kier molecular flexibility index (Phi) is 5.30. The Morgan fingerprint density at radius 1 is 1.13 bits per heavy atom. The van der Waals surface area contributed by atoms with E-state index in [0.29, 0.717) is 11.3 Å². The third-order valence-electron chi connectivity index (χ3n) is 3.45. The molecule has 0 atom stereocenters. The number of rotatable bonds is 6. The summed E-state index contributed by atoms with van der Waals surface area (Å²) in [7, 11) is 0. The van der Waals surface area contributed by atoms with Crippen LogP contribution in [0.1, 0.15) is 16.7 Å². The summed E-state index contributed by atoms with van der Waals surface area (Å²) in [6.07, 6.45) is 0. The number of esters is 1. The van der Waals surface area contributed by atoms with Crippen LogP contribution in [0.2, 0.25) is 0 Å². The van der Waals surface area contributed by atoms with Crippen molar-refractivity contribution in [1.29, 1.82) is 0 Å². The second-order valence-corrected chi connectivity index (χ2v) is 5.07. The first-order valence-corrected chi connectivity index (χ1v) is 7.05. The number of benzene rings is 2. The lowest BCUT2D eigenvalue weighted by atomic mass is 10.1. The van der Waals surface area contributed by atoms with E-state index in [2.05, 4.69) is 0 Å². The van der Waals surface area contributed by atoms with E-state index < -0.39 is 10.9 Å². The molecular weight excluding hydrogens is 298 g/mol. The molecule has 0 aromatic heterocycles. The molecule has 0 aliphatic heterocycles. The van der Waals surface area contributed by atoms with Gasteiger partial charge in [0.25, 0.3) is 5.69 Å². The average Bonchev–Trinajstić information content (AvgIpc) is 2.54. The molecule has 0 aliphatic carbocycles. The molecule has 0 N–H and O–H groups in total. The molecule has 0 spiro atoms. The standard InChI is InChI=1S/C17H17NO5/c1-12-4-3-5-16(13(12)2)22-11-17(19)23-10-14-6-8-15(9-7-14)18(20)21/h3-9H,10-11H2,1-2H3. The minimum atomic E-state index is -0.496. The smallest absolute Gasteiger partial charge is 0.344 e. The van der Waals surface area contributed by atoms with Crippen molar-refractivity contribution in [2.75, 3.05) is 6.61 Å². The predicted octanol–water partition coefficient (Wildman–Crippen LogP) is 3.33. The molecule has 2 rings (SSSR count). The minimum Gasteiger partial charge on any atom is -0.482 e. The molecule has 0 saturated heterocycles. The van der Waals surface area contributed by atoms with Gasteiger partial charge in [0.15, 0.2) is 6.61 Å². The second-order valence-electron chi connectivity index (χ2n) is 5.07. The number of nitrogens with zero attached hydrogens (tertiary/aromatic N) is 1. The van der Waals surface area contributed by atoms with Gasteiger partial charge in [-0.2, -0.15) is 0 Å². The third-order valence-corrected chi connectivity index (χ3v) is 3.45. The van der Waals surface area contributed by atoms with Gasteiger partial charge in [-0.25, -0.2) is 4.79 Å². The van der Waals surface area contributed by atoms with Crippen LogP contribution in [0.3, 0.4) is 0 Å². The van der Waals surface area contributed by atoms with Gasteiger partial charge in [-0.05, 0) is 48.7 Å². The highest BCUT2D eigenvalue weighted by Gasteiger charge is 2.09. The van der Waals surface area contributed by atoms with E-state index in [9.17, 15) is 14.9 Å². The second kappa shape index (κ2) is 7.40. The molecular formula is C17H17NO5. The number of nitro benzene ring substituents is 1. The summed E-state index contributed by atoms with van der Waals surface area (Å²) in [5.41, 5.74) is 2.74. The maximum Gasteiger partial charge on any atom is 0.344 e. The van der Waals surface area contributed by atoms with E-state index in [4.69, 9.17) is 9.47 Å². The van der Waals surface area contributed by atoms with Crippen molar-refractivity contribution in [2.24, 2.45) is 0 Å². The zero-order chi connectivity index (χ0) is 16.8. The fourth-order valence-corrected chi connectivity index (χ4v) is 1.94. The first-order valence-electron chi connectivity index (χ1n) is 7.05. The van der Waals surface area contributed by atoms with E-state index in [-0.39, 0.29) is 18.9 Å². The molecule has 0 aliphatic rings. The van der Waals surface area contributed by atoms with Gasteiger partial charge in [0.05, 0.1) is 4.92 Å². The van der Waals surface area contributed by atoms with Gasteiger partial charge in [0.2, 0.25) is 0 Å². The van der Waals surface area contributed by atoms with Crippen molar-refractivity contribution in [3.8, 4) is 5.75 Å². The molecule has 120 valence electrons. The molecule has 0 saturated carbocycles. The fraction of sp³-hybridized carbons (Fsp3) is 0.235. The lowest BCUT2D eigenvalue weighted by molar-refractivity contribution is -0.384. The van der Waals surface area contributed by atoms with Crippen LogP contribution in [0.25, 0.3) is 0 Å². The zero-order valence-corrected chi connectivity index (χ0v) is 12.9. The number of hydrogen-bond acceptors (Lipinski definition) is 5. The molecule has 0 fully saturated rings. The van der Waals surface area contributed by atoms with Crippen LogP contribution in [0.15, 0.2) is 42.5 Å². The van der Waals surface area contributed by atoms with Gasteiger partial charge in [0.1, 0.15) is 12.4 Å². The van der Waals surface area contributed by atoms with Crippen LogP contribution in [0, 0.1) is 24.0 Å². The van der Waals surface area contributed by atoms with Crippen LogP contribution < -0.4 is 4.74 Å². The topological polar surface area (TPSA) is 78.7 Å². The molecule has 0 bridgehead atoms. The Morgan fingerprint density at radius 3 is 2.48 bits per heavy atom. The number of carbonyl (C=O) groups is 1. The van der Waals surface area contributed by atoms with Crippen molar-refractivity contribution >= 4 is 11.7 Å². The summed E-state index contributed by atoms with van der Waals surface area (Å²) < 4.78 is 10.5. The molecule has 6 heteroatoms. The maximum absolute atomic E-state index is 11.7. The zero-order valence-electron chi connectivity index (χ0n) is 12.9. The van der Waals surface area contributed by atoms with Gasteiger partial charge in [0, 0.05) is 12.1 Å². The van der Waals surface area contributed by atoms with Crippen LogP contribution in [-0.4, -0.2) is 17.5 Å². The van der Waals surface area contributed by atoms with Crippen LogP contribution in [-0.2, 0) is 16.1 Å². The highest BCUT2D eigenvalue weighted by molar-refractivity contribution is 5.71. The largest absolute Gasteiger partial charge is 0.482 e. The monoisotopic (exact) mass is 315 g/mol. The van der Waals surface area contributed by atoms with Gasteiger partial charge in [-0.15, -0.1) is 0 Å². The molecule has 0 radical (unpaired) electrons. The summed E-state index contributed by atoms with van der Waals surface area (Å²) in [6, 6.07) is 11.5. The summed E-state index contributed by atoms with van der Waals surface area (Å²) >= 11 is 0. The molecule has 2 aromatic rings. The van der Waals surface area contributed by atoms with E-state index in [1.54, 1.807) is 18.2 Å². The number of ether oxygens (including phenoxy) is 2. The van der Waals surface area contributed by atoms with Crippen LogP contribution in [0.4, 0.5) is 5.69 Å². The molecule has 0 heterocycles. The van der Waals surface area contributed by atoms with E-state index in [0.717, 1.165) is 11.1 Å². The first kappa shape index (κ1) is 16.5. The van der Waals surface area contributed by atoms with Gasteiger partial charge >= 0.3 is 5.97 Å². The molecule has 2 aromatic carbocycles. The van der Waals surface area contributed by atoms with E-state index in [1.807, 2.05) is 26.0 Å². The number of non-ortho nitro benzene ring substituents is 1. The normalized spacial score (nSPS) is 10.2. The highest BCUT2D eigenvalue weighted by atomic mass is 16.6. The highest BCUT2D eigenvalue weighted by Crippen LogP contribution is 2.20. The maximum atomic E-state index is 11.7. The summed E-state index contributed by atoms with van der Waals surface area (Å²) in [4.78, 5) is 21.8. The minimum absolute atomic E-state index is 0.00154. The quantitative estimate of drug-likeness (QED) is 0.464. The van der Waals surface area contributed by atoms with E-state index >= 15 is 0 Å². The average molecular weight is 315 g/mol. The Hall–Kier alpha value is -2.89. The number of aryl methyl sites for hydroxylation is 1. The van der Waals surface area contributed by atoms with Gasteiger partial charge in [-0.3, -0.25) is 10.1 Å². The summed E-state index contributed by atoms with van der Waals surface area (Å²) in [5.74, 6) is 0.154. The fourth-order valence-electron chi connectivity index (χ4n) is 1.94. The van der Waals surface area contributed by atoms with Crippen molar-refractivity contribution in [2.45, 2.75) is 20.5 Å². The third kappa shape index (κ3) is 4.54. The summed E-state index contributed by atoms with van der Waals surface area (Å²) in [5, 5.41) is 10.6. The lowest BCUT2D eigenvalue weighted by Gasteiger charge is -2.10. The van der Waals surface area contributed by atoms with E-state index in [1.165, 1.54) is 12.1 Å². The molecule has 0 amide bonds. The number of hydrogen-bond donors (Lipinski definition) is 0. The Labute approximate surface area is 133 Å². The van der Waals surface area contributed by atoms with Crippen molar-refractivity contribution < 1.29 is 19.2 Å². The van der Waals surface area contributed by atoms with Crippen molar-refractivity contribution in [1.82, 2.24) is 0 Å². The van der Waals surface area contributed by atoms with Crippen molar-refractivity contribution in [3.05, 3.63) is 69.3 Å². The number of carbonyl (C=O) groups excluding carboxylic acids is 1. The first-order chi connectivity index (χ1) is 11.0. The molecule has 6 nitrogen and oxygen atoms in total. The van der Waals surface area contributed by atoms with Gasteiger partial charge < -0.3 is 9.47 Å². The van der Waals surface area contributed by atoms with Crippen molar-refractivity contribution in [3.63, 3.8) is 0 Å².